The average Bonchev–Trinajstić information content (AvgIpc) is 2.67. The number of rotatable bonds is 6. The van der Waals surface area contributed by atoms with Crippen LogP contribution in [0, 0.1) is 11.8 Å². The molecule has 3 aliphatic carbocycles. The molecule has 0 amide bonds. The maximum absolute atomic E-state index is 13.7. The number of halogens is 2. The van der Waals surface area contributed by atoms with Crippen LogP contribution in [0.2, 0.25) is 0 Å². The van der Waals surface area contributed by atoms with Gasteiger partial charge in [0, 0.05) is 12.8 Å². The molecular formula is C27H36F2. The van der Waals surface area contributed by atoms with Gasteiger partial charge in [-0.05, 0) is 104 Å². The fraction of sp³-hybridized carbons (Fsp3) is 0.556. The first-order valence-electron chi connectivity index (χ1n) is 11.2. The van der Waals surface area contributed by atoms with Gasteiger partial charge in [0.2, 0.25) is 5.92 Å². The summed E-state index contributed by atoms with van der Waals surface area (Å²) < 4.78 is 27.3. The highest BCUT2D eigenvalue weighted by Gasteiger charge is 2.36. The van der Waals surface area contributed by atoms with Gasteiger partial charge < -0.3 is 0 Å². The molecule has 0 aromatic heterocycles. The number of allylic oxidation sites excluding steroid dienone is 11. The van der Waals surface area contributed by atoms with Crippen LogP contribution in [0.25, 0.3) is 0 Å². The highest BCUT2D eigenvalue weighted by atomic mass is 19.3. The van der Waals surface area contributed by atoms with Crippen LogP contribution in [0.4, 0.5) is 8.78 Å². The zero-order valence-electron chi connectivity index (χ0n) is 18.8. The number of hydrogen-bond donors (Lipinski definition) is 0. The molecule has 0 radical (unpaired) electrons. The molecule has 0 aromatic carbocycles. The standard InChI is InChI=1S/C27H36F2/c1-7-22-14-17(3)20(6)24(16-23(8-2)26-18(4)13-19(26)5)25(22)15-21-9-11-27(28,29)12-10-21/h8,13,16-17,21H,2,7,9-12,14-15H2,1,3-6H3/b23-16+. The summed E-state index contributed by atoms with van der Waals surface area (Å²) in [6.45, 7) is 15.2. The lowest BCUT2D eigenvalue weighted by atomic mass is 9.73. The van der Waals surface area contributed by atoms with Crippen LogP contribution in [-0.2, 0) is 0 Å². The van der Waals surface area contributed by atoms with E-state index in [1.807, 2.05) is 6.08 Å². The second kappa shape index (κ2) is 8.58. The van der Waals surface area contributed by atoms with Crippen molar-refractivity contribution >= 4 is 0 Å². The largest absolute Gasteiger partial charge is 0.248 e. The molecule has 29 heavy (non-hydrogen) atoms. The molecule has 1 atom stereocenters. The molecule has 3 rings (SSSR count). The first kappa shape index (κ1) is 22.0. The van der Waals surface area contributed by atoms with Crippen LogP contribution in [0.3, 0.4) is 0 Å². The van der Waals surface area contributed by atoms with Crippen molar-refractivity contribution in [1.29, 1.82) is 0 Å². The van der Waals surface area contributed by atoms with Crippen LogP contribution in [0.15, 0.2) is 69.4 Å². The van der Waals surface area contributed by atoms with Gasteiger partial charge in [0.05, 0.1) is 0 Å². The van der Waals surface area contributed by atoms with Gasteiger partial charge in [0.1, 0.15) is 0 Å². The van der Waals surface area contributed by atoms with Crippen molar-refractivity contribution in [3.05, 3.63) is 69.4 Å². The van der Waals surface area contributed by atoms with Gasteiger partial charge in [-0.2, -0.15) is 0 Å². The topological polar surface area (TPSA) is 0 Å². The summed E-state index contributed by atoms with van der Waals surface area (Å²) in [6.07, 6.45) is 11.0. The molecule has 0 saturated heterocycles. The molecule has 0 aliphatic heterocycles. The van der Waals surface area contributed by atoms with Crippen molar-refractivity contribution in [3.8, 4) is 0 Å². The van der Waals surface area contributed by atoms with E-state index in [0.717, 1.165) is 19.3 Å². The third-order valence-corrected chi connectivity index (χ3v) is 7.25. The average molecular weight is 399 g/mol. The van der Waals surface area contributed by atoms with Crippen LogP contribution < -0.4 is 0 Å². The monoisotopic (exact) mass is 398 g/mol. The smallest absolute Gasteiger partial charge is 0.207 e. The predicted molar refractivity (Wildman–Crippen MR) is 120 cm³/mol. The van der Waals surface area contributed by atoms with Crippen molar-refractivity contribution < 1.29 is 8.78 Å². The minimum absolute atomic E-state index is 0.0463. The first-order chi connectivity index (χ1) is 13.7. The molecular weight excluding hydrogens is 362 g/mol. The molecule has 0 bridgehead atoms. The first-order valence-corrected chi connectivity index (χ1v) is 11.2. The Kier molecular flexibility index (Phi) is 6.51. The van der Waals surface area contributed by atoms with Gasteiger partial charge in [0.15, 0.2) is 0 Å². The Hall–Kier alpha value is -1.70. The van der Waals surface area contributed by atoms with Crippen LogP contribution >= 0.6 is 0 Å². The zero-order valence-corrected chi connectivity index (χ0v) is 18.8. The third-order valence-electron chi connectivity index (χ3n) is 7.25. The third kappa shape index (κ3) is 4.57. The van der Waals surface area contributed by atoms with Gasteiger partial charge in [-0.25, -0.2) is 8.78 Å². The molecule has 2 heteroatoms. The molecule has 0 N–H and O–H groups in total. The van der Waals surface area contributed by atoms with Gasteiger partial charge in [0.25, 0.3) is 0 Å². The van der Waals surface area contributed by atoms with Crippen molar-refractivity contribution in [2.24, 2.45) is 11.8 Å². The van der Waals surface area contributed by atoms with E-state index >= 15 is 0 Å². The van der Waals surface area contributed by atoms with E-state index in [1.54, 1.807) is 0 Å². The maximum atomic E-state index is 13.7. The fourth-order valence-corrected chi connectivity index (χ4v) is 5.29. The minimum Gasteiger partial charge on any atom is -0.207 e. The molecule has 3 aliphatic rings. The van der Waals surface area contributed by atoms with Crippen molar-refractivity contribution in [2.45, 2.75) is 85.5 Å². The Morgan fingerprint density at radius 1 is 1.21 bits per heavy atom. The molecule has 0 nitrogen and oxygen atoms in total. The summed E-state index contributed by atoms with van der Waals surface area (Å²) in [6, 6.07) is 0. The lowest BCUT2D eigenvalue weighted by Crippen LogP contribution is -2.25. The van der Waals surface area contributed by atoms with Gasteiger partial charge in [-0.3, -0.25) is 0 Å². The van der Waals surface area contributed by atoms with Crippen LogP contribution in [0.1, 0.15) is 79.6 Å². The van der Waals surface area contributed by atoms with E-state index in [9.17, 15) is 8.78 Å². The SMILES string of the molecule is C=C/C(=C\C1=C(C)C(C)CC(CC)=C1CC1CCC(F)(F)CC1)C1=C(C)C=C1C. The summed E-state index contributed by atoms with van der Waals surface area (Å²) in [4.78, 5) is 0. The Balaban J connectivity index is 1.96. The van der Waals surface area contributed by atoms with Gasteiger partial charge in [-0.15, -0.1) is 0 Å². The molecule has 1 unspecified atom stereocenters. The number of alkyl halides is 2. The van der Waals surface area contributed by atoms with Crippen molar-refractivity contribution in [2.75, 3.05) is 0 Å². The van der Waals surface area contributed by atoms with Gasteiger partial charge >= 0.3 is 0 Å². The van der Waals surface area contributed by atoms with Crippen molar-refractivity contribution in [1.82, 2.24) is 0 Å². The predicted octanol–water partition coefficient (Wildman–Crippen LogP) is 8.65. The Morgan fingerprint density at radius 2 is 1.86 bits per heavy atom. The second-order valence-electron chi connectivity index (χ2n) is 9.33. The normalized spacial score (nSPS) is 26.0. The summed E-state index contributed by atoms with van der Waals surface area (Å²) in [7, 11) is 0. The van der Waals surface area contributed by atoms with E-state index in [0.29, 0.717) is 24.7 Å². The van der Waals surface area contributed by atoms with Crippen LogP contribution in [-0.4, -0.2) is 5.92 Å². The molecule has 0 spiro atoms. The molecule has 1 saturated carbocycles. The van der Waals surface area contributed by atoms with E-state index in [1.165, 1.54) is 44.6 Å². The molecule has 1 fully saturated rings. The second-order valence-corrected chi connectivity index (χ2v) is 9.33. The minimum atomic E-state index is -2.46. The Morgan fingerprint density at radius 3 is 2.38 bits per heavy atom. The summed E-state index contributed by atoms with van der Waals surface area (Å²) >= 11 is 0. The van der Waals surface area contributed by atoms with Gasteiger partial charge in [-0.1, -0.05) is 43.7 Å². The lowest BCUT2D eigenvalue weighted by molar-refractivity contribution is -0.0456. The quantitative estimate of drug-likeness (QED) is 0.393. The Labute approximate surface area is 175 Å². The fourth-order valence-electron chi connectivity index (χ4n) is 5.29. The van der Waals surface area contributed by atoms with E-state index in [-0.39, 0.29) is 12.8 Å². The summed E-state index contributed by atoms with van der Waals surface area (Å²) in [5.74, 6) is -1.56. The number of hydrogen-bond acceptors (Lipinski definition) is 0. The molecule has 158 valence electrons. The van der Waals surface area contributed by atoms with Crippen molar-refractivity contribution in [3.63, 3.8) is 0 Å². The van der Waals surface area contributed by atoms with E-state index < -0.39 is 5.92 Å². The highest BCUT2D eigenvalue weighted by Crippen LogP contribution is 2.45. The molecule has 0 heterocycles. The van der Waals surface area contributed by atoms with E-state index in [2.05, 4.69) is 53.3 Å². The highest BCUT2D eigenvalue weighted by molar-refractivity contribution is 5.66. The Bertz CT molecular complexity index is 832. The summed E-state index contributed by atoms with van der Waals surface area (Å²) in [5, 5.41) is 0. The van der Waals surface area contributed by atoms with Crippen LogP contribution in [0.5, 0.6) is 0 Å². The molecule has 0 aromatic rings. The summed E-state index contributed by atoms with van der Waals surface area (Å²) in [5.41, 5.74) is 10.8. The van der Waals surface area contributed by atoms with E-state index in [4.69, 9.17) is 0 Å². The zero-order chi connectivity index (χ0) is 21.3. The lowest BCUT2D eigenvalue weighted by Gasteiger charge is -2.33. The maximum Gasteiger partial charge on any atom is 0.248 e.